The van der Waals surface area contributed by atoms with E-state index in [9.17, 15) is 22.8 Å². The number of carbonyl (C=O) groups is 2. The van der Waals surface area contributed by atoms with Gasteiger partial charge in [0.15, 0.2) is 5.69 Å². The number of hydrogen-bond acceptors (Lipinski definition) is 3. The Labute approximate surface area is 146 Å². The van der Waals surface area contributed by atoms with Crippen LogP contribution in [0.2, 0.25) is 5.02 Å². The van der Waals surface area contributed by atoms with Crippen molar-refractivity contribution < 1.29 is 22.8 Å². The fourth-order valence-corrected chi connectivity index (χ4v) is 2.84. The molecule has 1 atom stereocenters. The van der Waals surface area contributed by atoms with Crippen molar-refractivity contribution in [3.63, 3.8) is 0 Å². The zero-order valence-corrected chi connectivity index (χ0v) is 14.3. The Morgan fingerprint density at radius 3 is 2.54 bits per heavy atom. The molecule has 24 heavy (non-hydrogen) atoms. The molecule has 1 amide bonds. The highest BCUT2D eigenvalue weighted by Crippen LogP contribution is 2.47. The number of nitrogens with zero attached hydrogens (tertiary/aromatic N) is 2. The maximum Gasteiger partial charge on any atom is 0.436 e. The van der Waals surface area contributed by atoms with Crippen LogP contribution in [0.25, 0.3) is 0 Å². The summed E-state index contributed by atoms with van der Waals surface area (Å²) in [6.07, 6.45) is -2.79. The number of hydrogen-bond donors (Lipinski definition) is 1. The van der Waals surface area contributed by atoms with Crippen molar-refractivity contribution in [1.29, 1.82) is 0 Å². The summed E-state index contributed by atoms with van der Waals surface area (Å²) in [6.45, 7) is 1.65. The van der Waals surface area contributed by atoms with Gasteiger partial charge in [-0.15, -0.1) is 0 Å². The van der Waals surface area contributed by atoms with E-state index in [1.807, 2.05) is 0 Å². The van der Waals surface area contributed by atoms with E-state index < -0.39 is 34.1 Å². The second-order valence-electron chi connectivity index (χ2n) is 5.69. The molecular formula is C14H16Cl2F3N3O2. The Balaban J connectivity index is 2.15. The molecule has 1 N–H and O–H groups in total. The predicted molar refractivity (Wildman–Crippen MR) is 82.0 cm³/mol. The molecule has 134 valence electrons. The standard InChI is InChI=1S/C14H16Cl2F3N3O2/c1-7(13(24)20-6-2-3-9(15)23)22-11(8-4-5-8)10(16)12(21-22)14(17,18)19/h7-8H,2-6H2,1H3,(H,20,24). The lowest BCUT2D eigenvalue weighted by atomic mass is 10.2. The molecular weight excluding hydrogens is 370 g/mol. The van der Waals surface area contributed by atoms with Crippen LogP contribution in [0.15, 0.2) is 0 Å². The normalized spacial score (nSPS) is 16.1. The van der Waals surface area contributed by atoms with Crippen LogP contribution in [-0.4, -0.2) is 27.5 Å². The number of aromatic nitrogens is 2. The first-order valence-corrected chi connectivity index (χ1v) is 8.19. The van der Waals surface area contributed by atoms with Crippen LogP contribution >= 0.6 is 23.2 Å². The molecule has 0 radical (unpaired) electrons. The average molecular weight is 386 g/mol. The molecule has 1 saturated carbocycles. The van der Waals surface area contributed by atoms with Crippen LogP contribution in [0.5, 0.6) is 0 Å². The summed E-state index contributed by atoms with van der Waals surface area (Å²) in [7, 11) is 0. The van der Waals surface area contributed by atoms with Gasteiger partial charge in [-0.2, -0.15) is 18.3 Å². The first-order valence-electron chi connectivity index (χ1n) is 7.44. The van der Waals surface area contributed by atoms with Crippen LogP contribution < -0.4 is 5.32 Å². The van der Waals surface area contributed by atoms with Gasteiger partial charge in [-0.3, -0.25) is 14.3 Å². The molecule has 2 rings (SSSR count). The summed E-state index contributed by atoms with van der Waals surface area (Å²) in [6, 6.07) is -0.944. The van der Waals surface area contributed by atoms with Gasteiger partial charge in [-0.05, 0) is 37.8 Å². The van der Waals surface area contributed by atoms with Gasteiger partial charge < -0.3 is 5.32 Å². The van der Waals surface area contributed by atoms with Gasteiger partial charge in [0.05, 0.1) is 10.7 Å². The Kier molecular flexibility index (Phi) is 5.80. The van der Waals surface area contributed by atoms with Crippen molar-refractivity contribution in [1.82, 2.24) is 15.1 Å². The number of amides is 1. The molecule has 0 spiro atoms. The zero-order chi connectivity index (χ0) is 18.1. The number of nitrogens with one attached hydrogen (secondary N) is 1. The van der Waals surface area contributed by atoms with E-state index in [0.29, 0.717) is 6.42 Å². The lowest BCUT2D eigenvalue weighted by Crippen LogP contribution is -2.33. The van der Waals surface area contributed by atoms with E-state index in [4.69, 9.17) is 23.2 Å². The summed E-state index contributed by atoms with van der Waals surface area (Å²) in [5.41, 5.74) is -0.916. The third-order valence-electron chi connectivity index (χ3n) is 3.72. The third kappa shape index (κ3) is 4.42. The topological polar surface area (TPSA) is 64.0 Å². The van der Waals surface area contributed by atoms with Crippen molar-refractivity contribution in [3.8, 4) is 0 Å². The van der Waals surface area contributed by atoms with E-state index in [2.05, 4.69) is 10.4 Å². The van der Waals surface area contributed by atoms with E-state index in [1.165, 1.54) is 6.92 Å². The number of alkyl halides is 3. The molecule has 1 aromatic rings. The Morgan fingerprint density at radius 1 is 1.42 bits per heavy atom. The SMILES string of the molecule is CC(C(=O)NCCCC(=O)Cl)n1nc(C(F)(F)F)c(Cl)c1C1CC1. The molecule has 5 nitrogen and oxygen atoms in total. The van der Waals surface area contributed by atoms with Crippen LogP contribution in [0.1, 0.15) is 56.0 Å². The quantitative estimate of drug-likeness (QED) is 0.575. The smallest absolute Gasteiger partial charge is 0.354 e. The van der Waals surface area contributed by atoms with Gasteiger partial charge in [-0.1, -0.05) is 11.6 Å². The summed E-state index contributed by atoms with van der Waals surface area (Å²) < 4.78 is 40.1. The van der Waals surface area contributed by atoms with Gasteiger partial charge in [-0.25, -0.2) is 0 Å². The minimum atomic E-state index is -4.68. The molecule has 0 bridgehead atoms. The second-order valence-corrected chi connectivity index (χ2v) is 6.49. The molecule has 1 aliphatic carbocycles. The molecule has 0 saturated heterocycles. The molecule has 1 unspecified atom stereocenters. The van der Waals surface area contributed by atoms with E-state index in [-0.39, 0.29) is 24.6 Å². The summed E-state index contributed by atoms with van der Waals surface area (Å²) in [4.78, 5) is 22.8. The summed E-state index contributed by atoms with van der Waals surface area (Å²) in [5, 5.41) is 5.15. The van der Waals surface area contributed by atoms with Gasteiger partial charge in [0.25, 0.3) is 0 Å². The highest BCUT2D eigenvalue weighted by molar-refractivity contribution is 6.63. The van der Waals surface area contributed by atoms with Crippen molar-refractivity contribution in [2.45, 2.75) is 50.7 Å². The van der Waals surface area contributed by atoms with Crippen LogP contribution in [0.3, 0.4) is 0 Å². The Bertz CT molecular complexity index is 642. The number of carbonyl (C=O) groups excluding carboxylic acids is 2. The molecule has 1 aliphatic rings. The minimum Gasteiger partial charge on any atom is -0.354 e. The van der Waals surface area contributed by atoms with Crippen LogP contribution in [0, 0.1) is 0 Å². The van der Waals surface area contributed by atoms with Gasteiger partial charge >= 0.3 is 6.18 Å². The highest BCUT2D eigenvalue weighted by atomic mass is 35.5. The second kappa shape index (κ2) is 7.31. The van der Waals surface area contributed by atoms with Crippen LogP contribution in [-0.2, 0) is 15.8 Å². The fraction of sp³-hybridized carbons (Fsp3) is 0.643. The average Bonchev–Trinajstić information content (AvgIpc) is 3.24. The van der Waals surface area contributed by atoms with Crippen LogP contribution in [0.4, 0.5) is 13.2 Å². The summed E-state index contributed by atoms with van der Waals surface area (Å²) in [5.74, 6) is -0.600. The third-order valence-corrected chi connectivity index (χ3v) is 4.28. The maximum atomic E-state index is 13.0. The lowest BCUT2D eigenvalue weighted by molar-refractivity contribution is -0.141. The largest absolute Gasteiger partial charge is 0.436 e. The Hall–Kier alpha value is -1.28. The predicted octanol–water partition coefficient (Wildman–Crippen LogP) is 3.66. The number of halogens is 5. The molecule has 10 heteroatoms. The lowest BCUT2D eigenvalue weighted by Gasteiger charge is -2.15. The van der Waals surface area contributed by atoms with Crippen molar-refractivity contribution in [3.05, 3.63) is 16.4 Å². The zero-order valence-electron chi connectivity index (χ0n) is 12.8. The monoisotopic (exact) mass is 385 g/mol. The van der Waals surface area contributed by atoms with Crippen molar-refractivity contribution in [2.24, 2.45) is 0 Å². The fourth-order valence-electron chi connectivity index (χ4n) is 2.32. The molecule has 0 aromatic carbocycles. The van der Waals surface area contributed by atoms with Crippen molar-refractivity contribution >= 4 is 34.4 Å². The molecule has 1 aromatic heterocycles. The van der Waals surface area contributed by atoms with Gasteiger partial charge in [0.2, 0.25) is 11.1 Å². The van der Waals surface area contributed by atoms with Crippen molar-refractivity contribution in [2.75, 3.05) is 6.54 Å². The van der Waals surface area contributed by atoms with Gasteiger partial charge in [0, 0.05) is 18.9 Å². The summed E-state index contributed by atoms with van der Waals surface area (Å²) >= 11 is 11.1. The highest BCUT2D eigenvalue weighted by Gasteiger charge is 2.43. The number of rotatable bonds is 7. The maximum absolute atomic E-state index is 13.0. The first kappa shape index (κ1) is 19.1. The van der Waals surface area contributed by atoms with E-state index in [0.717, 1.165) is 17.5 Å². The van der Waals surface area contributed by atoms with E-state index in [1.54, 1.807) is 0 Å². The van der Waals surface area contributed by atoms with E-state index >= 15 is 0 Å². The minimum absolute atomic E-state index is 0.106. The molecule has 1 fully saturated rings. The molecule has 0 aliphatic heterocycles. The van der Waals surface area contributed by atoms with Gasteiger partial charge in [0.1, 0.15) is 6.04 Å². The Morgan fingerprint density at radius 2 is 2.04 bits per heavy atom. The first-order chi connectivity index (χ1) is 11.1. The molecule has 1 heterocycles.